The average molecular weight is 497 g/mol. The number of nitrogens with zero attached hydrogens (tertiary/aromatic N) is 4. The van der Waals surface area contributed by atoms with Crippen molar-refractivity contribution < 1.29 is 13.9 Å². The van der Waals surface area contributed by atoms with Crippen molar-refractivity contribution in [3.8, 4) is 11.4 Å². The third-order valence-corrected chi connectivity index (χ3v) is 6.66. The molecule has 1 saturated heterocycles. The van der Waals surface area contributed by atoms with Crippen LogP contribution in [-0.2, 0) is 9.53 Å². The molecular weight excluding hydrogens is 471 g/mol. The molecule has 0 spiro atoms. The molecule has 1 amide bonds. The Kier molecular flexibility index (Phi) is 6.68. The Hall–Kier alpha value is -3.46. The summed E-state index contributed by atoms with van der Waals surface area (Å²) in [4.78, 5) is 31.1. The zero-order chi connectivity index (χ0) is 24.4. The van der Waals surface area contributed by atoms with E-state index in [1.165, 1.54) is 0 Å². The van der Waals surface area contributed by atoms with Crippen molar-refractivity contribution in [3.63, 3.8) is 0 Å². The first-order chi connectivity index (χ1) is 17.0. The number of piperidine rings is 1. The minimum atomic E-state index is -0.555. The number of pyridine rings is 1. The van der Waals surface area contributed by atoms with Gasteiger partial charge >= 0.3 is 0 Å². The average Bonchev–Trinajstić information content (AvgIpc) is 3.31. The van der Waals surface area contributed by atoms with Crippen LogP contribution < -0.4 is 5.32 Å². The van der Waals surface area contributed by atoms with Gasteiger partial charge in [0.25, 0.3) is 5.91 Å². The van der Waals surface area contributed by atoms with Crippen LogP contribution in [0.25, 0.3) is 22.4 Å². The maximum absolute atomic E-state index is 14.6. The van der Waals surface area contributed by atoms with E-state index in [9.17, 15) is 9.18 Å². The number of hydrogen-bond acceptors (Lipinski definition) is 6. The molecule has 3 aromatic rings. The third-order valence-electron chi connectivity index (χ3n) is 6.46. The zero-order valence-electron chi connectivity index (χ0n) is 19.4. The second-order valence-electron chi connectivity index (χ2n) is 8.68. The zero-order valence-corrected chi connectivity index (χ0v) is 20.1. The van der Waals surface area contributed by atoms with Crippen molar-refractivity contribution in [2.75, 3.05) is 25.5 Å². The summed E-state index contributed by atoms with van der Waals surface area (Å²) in [6.45, 7) is 1.05. The molecule has 1 aliphatic carbocycles. The topological polar surface area (TPSA) is 96.0 Å². The number of carbonyl (C=O) groups excluding carboxylic acids is 1. The molecule has 8 nitrogen and oxygen atoms in total. The number of aromatic amines is 1. The first-order valence-corrected chi connectivity index (χ1v) is 12.1. The number of aromatic nitrogens is 4. The Morgan fingerprint density at radius 2 is 2.23 bits per heavy atom. The summed E-state index contributed by atoms with van der Waals surface area (Å²) in [6.07, 6.45) is 12.6. The predicted octanol–water partition coefficient (Wildman–Crippen LogP) is 4.86. The van der Waals surface area contributed by atoms with Gasteiger partial charge in [0.15, 0.2) is 17.5 Å². The Labute approximate surface area is 207 Å². The number of ether oxygens (including phenoxy) is 1. The first kappa shape index (κ1) is 23.3. The fourth-order valence-corrected chi connectivity index (χ4v) is 4.79. The van der Waals surface area contributed by atoms with E-state index >= 15 is 0 Å². The van der Waals surface area contributed by atoms with Crippen molar-refractivity contribution in [1.29, 1.82) is 0 Å². The van der Waals surface area contributed by atoms with Crippen LogP contribution in [-0.4, -0.2) is 57.0 Å². The molecular formula is C25H26ClFN6O2. The van der Waals surface area contributed by atoms with Crippen LogP contribution in [0.4, 0.5) is 10.2 Å². The van der Waals surface area contributed by atoms with Crippen molar-refractivity contribution in [2.45, 2.75) is 38.1 Å². The number of halogens is 2. The van der Waals surface area contributed by atoms with Crippen LogP contribution >= 0.6 is 11.6 Å². The molecule has 5 rings (SSSR count). The standard InChI is InChI=1S/C25H26ClFN6O2/c1-35-18-7-4-5-15(9-18)25(34)33-8-3-2-6-17(33)12-29-24-21(27)14-31-23(32-24)20-13-30-22-19(20)10-16(26)11-28-22/h5,9-11,13-14,17H,2-4,6-8,12H2,1H3,(H,28,30)(H,29,31,32)/t17-/m1/s1. The molecule has 35 heavy (non-hydrogen) atoms. The molecule has 1 atom stereocenters. The first-order valence-electron chi connectivity index (χ1n) is 11.7. The monoisotopic (exact) mass is 496 g/mol. The highest BCUT2D eigenvalue weighted by molar-refractivity contribution is 6.31. The summed E-state index contributed by atoms with van der Waals surface area (Å²) < 4.78 is 20.0. The second-order valence-corrected chi connectivity index (χ2v) is 9.12. The number of anilines is 1. The van der Waals surface area contributed by atoms with E-state index < -0.39 is 5.82 Å². The molecule has 182 valence electrons. The molecule has 1 fully saturated rings. The highest BCUT2D eigenvalue weighted by Gasteiger charge is 2.29. The van der Waals surface area contributed by atoms with Crippen molar-refractivity contribution in [1.82, 2.24) is 24.8 Å². The number of H-pyrrole nitrogens is 1. The number of carbonyl (C=O) groups is 1. The molecule has 0 saturated carbocycles. The third kappa shape index (κ3) is 4.86. The molecule has 3 aromatic heterocycles. The van der Waals surface area contributed by atoms with E-state index in [4.69, 9.17) is 16.3 Å². The van der Waals surface area contributed by atoms with Gasteiger partial charge < -0.3 is 19.9 Å². The van der Waals surface area contributed by atoms with Gasteiger partial charge in [-0.15, -0.1) is 0 Å². The summed E-state index contributed by atoms with van der Waals surface area (Å²) in [5.41, 5.74) is 1.98. The number of likely N-dealkylation sites (tertiary alicyclic amines) is 1. The Balaban J connectivity index is 1.34. The Morgan fingerprint density at radius 1 is 1.34 bits per heavy atom. The number of nitrogens with one attached hydrogen (secondary N) is 2. The molecule has 2 aliphatic rings. The van der Waals surface area contributed by atoms with Gasteiger partial charge in [0.05, 0.1) is 24.1 Å². The van der Waals surface area contributed by atoms with E-state index in [-0.39, 0.29) is 17.8 Å². The van der Waals surface area contributed by atoms with Gasteiger partial charge in [-0.05, 0) is 37.8 Å². The summed E-state index contributed by atoms with van der Waals surface area (Å²) in [6, 6.07) is 1.69. The summed E-state index contributed by atoms with van der Waals surface area (Å²) in [5, 5.41) is 4.36. The van der Waals surface area contributed by atoms with Gasteiger partial charge in [-0.25, -0.2) is 19.3 Å². The molecule has 1 aliphatic heterocycles. The lowest BCUT2D eigenvalue weighted by molar-refractivity contribution is -0.130. The highest BCUT2D eigenvalue weighted by Crippen LogP contribution is 2.29. The normalized spacial score (nSPS) is 18.3. The maximum atomic E-state index is 14.6. The van der Waals surface area contributed by atoms with Crippen LogP contribution in [0.3, 0.4) is 0 Å². The number of hydrogen-bond donors (Lipinski definition) is 2. The lowest BCUT2D eigenvalue weighted by Gasteiger charge is -2.36. The van der Waals surface area contributed by atoms with Crippen LogP contribution in [0.2, 0.25) is 5.02 Å². The van der Waals surface area contributed by atoms with Crippen molar-refractivity contribution >= 4 is 34.4 Å². The van der Waals surface area contributed by atoms with Gasteiger partial charge in [-0.3, -0.25) is 4.79 Å². The van der Waals surface area contributed by atoms with E-state index in [0.717, 1.165) is 49.4 Å². The van der Waals surface area contributed by atoms with Gasteiger partial charge in [0, 0.05) is 54.5 Å². The van der Waals surface area contributed by atoms with E-state index in [2.05, 4.69) is 25.3 Å². The largest absolute Gasteiger partial charge is 0.501 e. The number of fused-ring (bicyclic) bond motifs is 1. The SMILES string of the molecule is COC1=CC(C(=O)N2CCCC[C@@H]2CNc2nc(-c3c[nH]c4ncc(Cl)cc34)ncc2F)=CCC1. The summed E-state index contributed by atoms with van der Waals surface area (Å²) >= 11 is 6.10. The molecule has 0 aromatic carbocycles. The molecule has 0 radical (unpaired) electrons. The van der Waals surface area contributed by atoms with Crippen LogP contribution in [0.5, 0.6) is 0 Å². The van der Waals surface area contributed by atoms with Crippen molar-refractivity contribution in [3.05, 3.63) is 59.0 Å². The maximum Gasteiger partial charge on any atom is 0.253 e. The Bertz CT molecular complexity index is 1320. The van der Waals surface area contributed by atoms with Gasteiger partial charge in [0.2, 0.25) is 0 Å². The van der Waals surface area contributed by atoms with Crippen LogP contribution in [0, 0.1) is 5.82 Å². The fraction of sp³-hybridized carbons (Fsp3) is 0.360. The second kappa shape index (κ2) is 10.0. The fourth-order valence-electron chi connectivity index (χ4n) is 4.63. The Morgan fingerprint density at radius 3 is 3.09 bits per heavy atom. The predicted molar refractivity (Wildman–Crippen MR) is 132 cm³/mol. The highest BCUT2D eigenvalue weighted by atomic mass is 35.5. The van der Waals surface area contributed by atoms with Crippen LogP contribution in [0.15, 0.2) is 48.1 Å². The van der Waals surface area contributed by atoms with Gasteiger partial charge in [-0.2, -0.15) is 0 Å². The van der Waals surface area contributed by atoms with Crippen LogP contribution in [0.1, 0.15) is 32.1 Å². The number of amides is 1. The van der Waals surface area contributed by atoms with Gasteiger partial charge in [-0.1, -0.05) is 17.7 Å². The molecule has 10 heteroatoms. The summed E-state index contributed by atoms with van der Waals surface area (Å²) in [5.74, 6) is 0.687. The number of methoxy groups -OCH3 is 1. The van der Waals surface area contributed by atoms with E-state index in [0.29, 0.717) is 40.7 Å². The number of allylic oxidation sites excluding steroid dienone is 2. The van der Waals surface area contributed by atoms with E-state index in [1.807, 2.05) is 17.1 Å². The lowest BCUT2D eigenvalue weighted by Crippen LogP contribution is -2.47. The minimum absolute atomic E-state index is 0.0160. The smallest absolute Gasteiger partial charge is 0.253 e. The lowest BCUT2D eigenvalue weighted by atomic mass is 9.98. The molecule has 0 unspecified atom stereocenters. The van der Waals surface area contributed by atoms with E-state index in [1.54, 1.807) is 25.6 Å². The number of rotatable bonds is 6. The van der Waals surface area contributed by atoms with Gasteiger partial charge in [0.1, 0.15) is 5.65 Å². The van der Waals surface area contributed by atoms with Crippen molar-refractivity contribution in [2.24, 2.45) is 0 Å². The summed E-state index contributed by atoms with van der Waals surface area (Å²) in [7, 11) is 1.62. The minimum Gasteiger partial charge on any atom is -0.501 e. The molecule has 4 heterocycles. The molecule has 0 bridgehead atoms. The quantitative estimate of drug-likeness (QED) is 0.506. The molecule has 2 N–H and O–H groups in total.